The Morgan fingerprint density at radius 3 is 2.50 bits per heavy atom. The average molecular weight is 253 g/mol. The van der Waals surface area contributed by atoms with Gasteiger partial charge < -0.3 is 9.64 Å². The molecule has 0 aromatic heterocycles. The van der Waals surface area contributed by atoms with Crippen LogP contribution in [0, 0.1) is 11.8 Å². The lowest BCUT2D eigenvalue weighted by atomic mass is 9.96. The molecule has 0 N–H and O–H groups in total. The Morgan fingerprint density at radius 1 is 1.00 bits per heavy atom. The Hall–Kier alpha value is -0.0800. The van der Waals surface area contributed by atoms with Crippen LogP contribution in [0.1, 0.15) is 57.8 Å². The van der Waals surface area contributed by atoms with Gasteiger partial charge in [0.05, 0.1) is 0 Å². The molecule has 2 bridgehead atoms. The molecule has 0 saturated heterocycles. The standard InChI is InChI=1S/C16H31NO/c1-17(11-4-12-18-2)16-6-3-5-14-7-8-15(13-14)9-10-16/h14-16H,3-13H2,1-2H3. The smallest absolute Gasteiger partial charge is 0.0474 e. The molecule has 0 amide bonds. The van der Waals surface area contributed by atoms with Crippen molar-refractivity contribution in [2.75, 3.05) is 27.3 Å². The molecule has 2 aliphatic rings. The third-order valence-corrected chi connectivity index (χ3v) is 5.19. The van der Waals surface area contributed by atoms with Crippen LogP contribution >= 0.6 is 0 Å². The molecule has 2 saturated carbocycles. The highest BCUT2D eigenvalue weighted by Gasteiger charge is 2.27. The minimum absolute atomic E-state index is 0.834. The lowest BCUT2D eigenvalue weighted by Crippen LogP contribution is -2.33. The van der Waals surface area contributed by atoms with Gasteiger partial charge in [-0.05, 0) is 51.0 Å². The molecule has 2 fully saturated rings. The summed E-state index contributed by atoms with van der Waals surface area (Å²) >= 11 is 0. The normalized spacial score (nSPS) is 33.2. The van der Waals surface area contributed by atoms with Crippen LogP contribution in [0.4, 0.5) is 0 Å². The van der Waals surface area contributed by atoms with E-state index in [0.29, 0.717) is 0 Å². The second kappa shape index (κ2) is 7.49. The van der Waals surface area contributed by atoms with Crippen molar-refractivity contribution in [3.05, 3.63) is 0 Å². The fourth-order valence-electron chi connectivity index (χ4n) is 4.00. The van der Waals surface area contributed by atoms with E-state index in [1.165, 1.54) is 57.9 Å². The van der Waals surface area contributed by atoms with Crippen molar-refractivity contribution in [1.29, 1.82) is 0 Å². The van der Waals surface area contributed by atoms with E-state index in [1.807, 2.05) is 0 Å². The fraction of sp³-hybridized carbons (Fsp3) is 1.00. The van der Waals surface area contributed by atoms with E-state index in [9.17, 15) is 0 Å². The highest BCUT2D eigenvalue weighted by Crippen LogP contribution is 2.39. The molecule has 0 spiro atoms. The summed E-state index contributed by atoms with van der Waals surface area (Å²) in [6.45, 7) is 2.11. The lowest BCUT2D eigenvalue weighted by Gasteiger charge is -2.29. The predicted octanol–water partition coefficient (Wildman–Crippen LogP) is 3.70. The minimum atomic E-state index is 0.834. The molecular weight excluding hydrogens is 222 g/mol. The van der Waals surface area contributed by atoms with E-state index < -0.39 is 0 Å². The zero-order valence-corrected chi connectivity index (χ0v) is 12.4. The van der Waals surface area contributed by atoms with Crippen molar-refractivity contribution < 1.29 is 4.74 Å². The van der Waals surface area contributed by atoms with E-state index in [2.05, 4.69) is 11.9 Å². The van der Waals surface area contributed by atoms with Gasteiger partial charge in [-0.15, -0.1) is 0 Å². The first-order chi connectivity index (χ1) is 8.79. The first-order valence-corrected chi connectivity index (χ1v) is 7.98. The van der Waals surface area contributed by atoms with Crippen molar-refractivity contribution in [1.82, 2.24) is 4.90 Å². The molecule has 3 atom stereocenters. The van der Waals surface area contributed by atoms with Crippen LogP contribution in [0.15, 0.2) is 0 Å². The van der Waals surface area contributed by atoms with Gasteiger partial charge in [0.15, 0.2) is 0 Å². The largest absolute Gasteiger partial charge is 0.385 e. The monoisotopic (exact) mass is 253 g/mol. The van der Waals surface area contributed by atoms with E-state index in [4.69, 9.17) is 4.74 Å². The van der Waals surface area contributed by atoms with Crippen molar-refractivity contribution in [2.45, 2.75) is 63.8 Å². The molecule has 0 heterocycles. The zero-order chi connectivity index (χ0) is 12.8. The average Bonchev–Trinajstić information content (AvgIpc) is 2.85. The number of rotatable bonds is 5. The number of fused-ring (bicyclic) bond motifs is 2. The fourth-order valence-corrected chi connectivity index (χ4v) is 4.00. The number of hydrogen-bond donors (Lipinski definition) is 0. The Balaban J connectivity index is 1.76. The predicted molar refractivity (Wildman–Crippen MR) is 76.8 cm³/mol. The first-order valence-electron chi connectivity index (χ1n) is 7.98. The molecule has 2 heteroatoms. The summed E-state index contributed by atoms with van der Waals surface area (Å²) in [6, 6.07) is 0.834. The van der Waals surface area contributed by atoms with Gasteiger partial charge in [-0.3, -0.25) is 0 Å². The minimum Gasteiger partial charge on any atom is -0.385 e. The Labute approximate surface area is 113 Å². The van der Waals surface area contributed by atoms with Crippen molar-refractivity contribution in [2.24, 2.45) is 11.8 Å². The molecule has 106 valence electrons. The van der Waals surface area contributed by atoms with Gasteiger partial charge in [0.2, 0.25) is 0 Å². The molecule has 0 aromatic rings. The summed E-state index contributed by atoms with van der Waals surface area (Å²) in [4.78, 5) is 2.60. The van der Waals surface area contributed by atoms with Gasteiger partial charge in [0.25, 0.3) is 0 Å². The van der Waals surface area contributed by atoms with Gasteiger partial charge in [-0.25, -0.2) is 0 Å². The molecule has 3 unspecified atom stereocenters. The van der Waals surface area contributed by atoms with Gasteiger partial charge in [-0.1, -0.05) is 25.7 Å². The van der Waals surface area contributed by atoms with Crippen LogP contribution in [0.3, 0.4) is 0 Å². The van der Waals surface area contributed by atoms with Crippen molar-refractivity contribution >= 4 is 0 Å². The Bertz CT molecular complexity index is 231. The summed E-state index contributed by atoms with van der Waals surface area (Å²) in [5, 5.41) is 0. The van der Waals surface area contributed by atoms with Crippen molar-refractivity contribution in [3.8, 4) is 0 Å². The Morgan fingerprint density at radius 2 is 1.72 bits per heavy atom. The number of methoxy groups -OCH3 is 1. The second-order valence-corrected chi connectivity index (χ2v) is 6.53. The van der Waals surface area contributed by atoms with Crippen LogP contribution in [-0.4, -0.2) is 38.3 Å². The Kier molecular flexibility index (Phi) is 5.97. The van der Waals surface area contributed by atoms with E-state index in [-0.39, 0.29) is 0 Å². The van der Waals surface area contributed by atoms with Crippen LogP contribution in [0.25, 0.3) is 0 Å². The number of nitrogens with zero attached hydrogens (tertiary/aromatic N) is 1. The maximum Gasteiger partial charge on any atom is 0.0474 e. The zero-order valence-electron chi connectivity index (χ0n) is 12.4. The van der Waals surface area contributed by atoms with Crippen LogP contribution in [0.5, 0.6) is 0 Å². The number of ether oxygens (including phenoxy) is 1. The summed E-state index contributed by atoms with van der Waals surface area (Å²) in [5.41, 5.74) is 0. The SMILES string of the molecule is COCCCN(C)C1CCCC2CCC(CC1)C2. The van der Waals surface area contributed by atoms with Crippen molar-refractivity contribution in [3.63, 3.8) is 0 Å². The summed E-state index contributed by atoms with van der Waals surface area (Å²) < 4.78 is 5.16. The molecule has 2 aliphatic carbocycles. The molecule has 2 nitrogen and oxygen atoms in total. The topological polar surface area (TPSA) is 12.5 Å². The molecular formula is C16H31NO. The molecule has 18 heavy (non-hydrogen) atoms. The van der Waals surface area contributed by atoms with Gasteiger partial charge in [0, 0.05) is 26.3 Å². The second-order valence-electron chi connectivity index (χ2n) is 6.53. The van der Waals surface area contributed by atoms with Gasteiger partial charge in [-0.2, -0.15) is 0 Å². The van der Waals surface area contributed by atoms with E-state index >= 15 is 0 Å². The molecule has 0 radical (unpaired) electrons. The first kappa shape index (κ1) is 14.3. The summed E-state index contributed by atoms with van der Waals surface area (Å²) in [5.74, 6) is 2.13. The summed E-state index contributed by atoms with van der Waals surface area (Å²) in [6.07, 6.45) is 13.1. The quantitative estimate of drug-likeness (QED) is 0.693. The van der Waals surface area contributed by atoms with Gasteiger partial charge in [0.1, 0.15) is 0 Å². The molecule has 0 aliphatic heterocycles. The maximum absolute atomic E-state index is 5.16. The molecule has 2 rings (SSSR count). The third-order valence-electron chi connectivity index (χ3n) is 5.19. The number of hydrogen-bond acceptors (Lipinski definition) is 2. The highest BCUT2D eigenvalue weighted by atomic mass is 16.5. The molecule has 0 aromatic carbocycles. The lowest BCUT2D eigenvalue weighted by molar-refractivity contribution is 0.155. The third kappa shape index (κ3) is 4.24. The van der Waals surface area contributed by atoms with E-state index in [0.717, 1.165) is 24.5 Å². The van der Waals surface area contributed by atoms with Crippen LogP contribution in [0.2, 0.25) is 0 Å². The van der Waals surface area contributed by atoms with Crippen LogP contribution in [-0.2, 0) is 4.74 Å². The van der Waals surface area contributed by atoms with Crippen LogP contribution < -0.4 is 0 Å². The highest BCUT2D eigenvalue weighted by molar-refractivity contribution is 4.81. The van der Waals surface area contributed by atoms with E-state index in [1.54, 1.807) is 13.5 Å². The summed E-state index contributed by atoms with van der Waals surface area (Å²) in [7, 11) is 4.12. The van der Waals surface area contributed by atoms with Gasteiger partial charge >= 0.3 is 0 Å². The maximum atomic E-state index is 5.16.